The summed E-state index contributed by atoms with van der Waals surface area (Å²) in [4.78, 5) is 70.6. The van der Waals surface area contributed by atoms with Crippen LogP contribution in [0.3, 0.4) is 0 Å². The Morgan fingerprint density at radius 3 is 2.03 bits per heavy atom. The van der Waals surface area contributed by atoms with Crippen molar-refractivity contribution in [2.75, 3.05) is 5.32 Å². The molecular weight excluding hydrogens is 438 g/mol. The quantitative estimate of drug-likeness (QED) is 0.226. The average molecular weight is 453 g/mol. The van der Waals surface area contributed by atoms with Gasteiger partial charge in [-0.1, -0.05) is 17.7 Å². The van der Waals surface area contributed by atoms with Crippen LogP contribution in [0.4, 0.5) is 17.1 Å². The van der Waals surface area contributed by atoms with E-state index in [-0.39, 0.29) is 10.7 Å². The average Bonchev–Trinajstić information content (AvgIpc) is 3.07. The topological polar surface area (TPSA) is 182 Å². The lowest BCUT2D eigenvalue weighted by molar-refractivity contribution is -0.394. The van der Waals surface area contributed by atoms with E-state index >= 15 is 0 Å². The molecule has 0 bridgehead atoms. The molecule has 168 valence electrons. The highest BCUT2D eigenvalue weighted by Crippen LogP contribution is 2.26. The second kappa shape index (κ2) is 8.74. The molecule has 3 rings (SSSR count). The first-order chi connectivity index (χ1) is 15.5. The number of rotatable bonds is 6. The van der Waals surface area contributed by atoms with Gasteiger partial charge in [-0.15, -0.1) is 0 Å². The number of hydrogen-bond donors (Lipinski definition) is 1. The Hall–Kier alpha value is -4.81. The molecule has 1 heterocycles. The van der Waals surface area contributed by atoms with Crippen LogP contribution in [-0.2, 0) is 14.4 Å². The van der Waals surface area contributed by atoms with Crippen molar-refractivity contribution in [3.05, 3.63) is 73.8 Å². The van der Waals surface area contributed by atoms with E-state index in [4.69, 9.17) is 0 Å². The molecule has 1 aliphatic rings. The van der Waals surface area contributed by atoms with Gasteiger partial charge in [-0.3, -0.25) is 39.4 Å². The van der Waals surface area contributed by atoms with Crippen molar-refractivity contribution in [1.82, 2.24) is 5.01 Å². The first kappa shape index (κ1) is 22.9. The van der Waals surface area contributed by atoms with E-state index in [1.807, 2.05) is 6.92 Å². The summed E-state index contributed by atoms with van der Waals surface area (Å²) in [5.41, 5.74) is -0.968. The summed E-state index contributed by atoms with van der Waals surface area (Å²) in [6.07, 6.45) is 0. The van der Waals surface area contributed by atoms with Crippen molar-refractivity contribution >= 4 is 46.3 Å². The highest BCUT2D eigenvalue weighted by atomic mass is 16.6. The number of hydrazone groups is 1. The molecule has 33 heavy (non-hydrogen) atoms. The summed E-state index contributed by atoms with van der Waals surface area (Å²) in [7, 11) is 0. The van der Waals surface area contributed by atoms with Gasteiger partial charge < -0.3 is 5.32 Å². The van der Waals surface area contributed by atoms with Crippen LogP contribution in [-0.4, -0.2) is 44.1 Å². The van der Waals surface area contributed by atoms with Crippen LogP contribution in [0.2, 0.25) is 0 Å². The standard InChI is InChI=1S/C20H15N5O8/c1-10-3-5-13(6-4-10)21-18(27)17(26)16-11(2)22-23(20(16)29)19(28)12-7-14(24(30)31)9-15(8-12)25(32)33/h3-9,16H,1-2H3,(H,21,27). The minimum atomic E-state index is -1.69. The van der Waals surface area contributed by atoms with Gasteiger partial charge in [0, 0.05) is 17.8 Å². The number of ketones is 1. The van der Waals surface area contributed by atoms with E-state index < -0.39 is 56.2 Å². The molecule has 2 aromatic rings. The third kappa shape index (κ3) is 4.61. The second-order valence-electron chi connectivity index (χ2n) is 7.07. The first-order valence-corrected chi connectivity index (χ1v) is 9.28. The van der Waals surface area contributed by atoms with Gasteiger partial charge in [-0.25, -0.2) is 0 Å². The number of nitro benzene ring substituents is 2. The number of carbonyl (C=O) groups is 4. The monoisotopic (exact) mass is 453 g/mol. The molecule has 3 amide bonds. The fourth-order valence-electron chi connectivity index (χ4n) is 3.03. The minimum absolute atomic E-state index is 0.155. The molecule has 1 N–H and O–H groups in total. The molecule has 1 aliphatic heterocycles. The maximum absolute atomic E-state index is 12.8. The predicted octanol–water partition coefficient (Wildman–Crippen LogP) is 1.99. The fraction of sp³-hybridized carbons (Fsp3) is 0.150. The Morgan fingerprint density at radius 1 is 0.970 bits per heavy atom. The van der Waals surface area contributed by atoms with E-state index in [0.29, 0.717) is 11.8 Å². The van der Waals surface area contributed by atoms with Gasteiger partial charge in [-0.2, -0.15) is 10.1 Å². The van der Waals surface area contributed by atoms with Gasteiger partial charge in [0.05, 0.1) is 27.2 Å². The number of benzene rings is 2. The molecule has 2 aromatic carbocycles. The van der Waals surface area contributed by atoms with Gasteiger partial charge in [0.1, 0.15) is 5.92 Å². The van der Waals surface area contributed by atoms with E-state index in [1.54, 1.807) is 24.3 Å². The zero-order valence-electron chi connectivity index (χ0n) is 17.2. The van der Waals surface area contributed by atoms with Crippen LogP contribution in [0, 0.1) is 33.1 Å². The van der Waals surface area contributed by atoms with E-state index in [1.165, 1.54) is 6.92 Å². The lowest BCUT2D eigenvalue weighted by Gasteiger charge is -2.12. The maximum atomic E-state index is 12.8. The molecule has 0 aromatic heterocycles. The zero-order valence-corrected chi connectivity index (χ0v) is 17.2. The molecule has 0 aliphatic carbocycles. The van der Waals surface area contributed by atoms with E-state index in [9.17, 15) is 39.4 Å². The van der Waals surface area contributed by atoms with Crippen molar-refractivity contribution in [2.45, 2.75) is 13.8 Å². The smallest absolute Gasteiger partial charge is 0.293 e. The van der Waals surface area contributed by atoms with Crippen LogP contribution in [0.15, 0.2) is 47.6 Å². The van der Waals surface area contributed by atoms with Crippen molar-refractivity contribution in [3.8, 4) is 0 Å². The Labute approximate surface area is 185 Å². The highest BCUT2D eigenvalue weighted by molar-refractivity contribution is 6.49. The number of carbonyl (C=O) groups excluding carboxylic acids is 4. The molecule has 0 fully saturated rings. The number of nitrogens with zero attached hydrogens (tertiary/aromatic N) is 4. The highest BCUT2D eigenvalue weighted by Gasteiger charge is 2.44. The third-order valence-corrected chi connectivity index (χ3v) is 4.69. The number of non-ortho nitro benzene ring substituents is 2. The molecule has 1 unspecified atom stereocenters. The summed E-state index contributed by atoms with van der Waals surface area (Å²) >= 11 is 0. The number of anilines is 1. The number of imide groups is 1. The fourth-order valence-corrected chi connectivity index (χ4v) is 3.03. The Bertz CT molecular complexity index is 1220. The SMILES string of the molecule is CC1=NN(C(=O)c2cc([N+](=O)[O-])cc([N+](=O)[O-])c2)C(=O)C1C(=O)C(=O)Nc1ccc(C)cc1. The Balaban J connectivity index is 1.84. The maximum Gasteiger partial charge on any atom is 0.293 e. The molecule has 0 saturated carbocycles. The largest absolute Gasteiger partial charge is 0.319 e. The third-order valence-electron chi connectivity index (χ3n) is 4.69. The summed E-state index contributed by atoms with van der Waals surface area (Å²) < 4.78 is 0. The molecule has 0 spiro atoms. The number of aryl methyl sites for hydroxylation is 1. The van der Waals surface area contributed by atoms with Gasteiger partial charge >= 0.3 is 0 Å². The Morgan fingerprint density at radius 2 is 1.52 bits per heavy atom. The Kier molecular flexibility index (Phi) is 6.06. The number of nitrogens with one attached hydrogen (secondary N) is 1. The van der Waals surface area contributed by atoms with E-state index in [2.05, 4.69) is 10.4 Å². The summed E-state index contributed by atoms with van der Waals surface area (Å²) in [6.45, 7) is 3.08. The van der Waals surface area contributed by atoms with Crippen molar-refractivity contribution in [1.29, 1.82) is 0 Å². The van der Waals surface area contributed by atoms with Crippen molar-refractivity contribution < 1.29 is 29.0 Å². The first-order valence-electron chi connectivity index (χ1n) is 9.28. The molecule has 0 saturated heterocycles. The number of nitro groups is 2. The number of hydrogen-bond acceptors (Lipinski definition) is 9. The van der Waals surface area contributed by atoms with E-state index in [0.717, 1.165) is 17.7 Å². The molecular formula is C20H15N5O8. The van der Waals surface area contributed by atoms with Crippen LogP contribution in [0.1, 0.15) is 22.8 Å². The van der Waals surface area contributed by atoms with Crippen molar-refractivity contribution in [3.63, 3.8) is 0 Å². The number of Topliss-reactive ketones (excluding diaryl/α,β-unsaturated/α-hetero) is 1. The molecule has 13 nitrogen and oxygen atoms in total. The predicted molar refractivity (Wildman–Crippen MR) is 112 cm³/mol. The van der Waals surface area contributed by atoms with Gasteiger partial charge in [0.25, 0.3) is 29.1 Å². The summed E-state index contributed by atoms with van der Waals surface area (Å²) in [5.74, 6) is -6.33. The lowest BCUT2D eigenvalue weighted by Crippen LogP contribution is -2.40. The summed E-state index contributed by atoms with van der Waals surface area (Å²) in [5, 5.41) is 28.4. The van der Waals surface area contributed by atoms with Gasteiger partial charge in [0.2, 0.25) is 5.78 Å². The van der Waals surface area contributed by atoms with Crippen LogP contribution < -0.4 is 5.32 Å². The van der Waals surface area contributed by atoms with Crippen molar-refractivity contribution in [2.24, 2.45) is 11.0 Å². The molecule has 13 heteroatoms. The lowest BCUT2D eigenvalue weighted by atomic mass is 9.98. The van der Waals surface area contributed by atoms with Gasteiger partial charge in [0.15, 0.2) is 0 Å². The normalized spacial score (nSPS) is 15.1. The zero-order chi connectivity index (χ0) is 24.4. The number of amides is 3. The van der Waals surface area contributed by atoms with Crippen LogP contribution in [0.5, 0.6) is 0 Å². The van der Waals surface area contributed by atoms with Crippen LogP contribution >= 0.6 is 0 Å². The second-order valence-corrected chi connectivity index (χ2v) is 7.07. The molecule has 0 radical (unpaired) electrons. The summed E-state index contributed by atoms with van der Waals surface area (Å²) in [6, 6.07) is 8.66. The van der Waals surface area contributed by atoms with Crippen LogP contribution in [0.25, 0.3) is 0 Å². The molecule has 1 atom stereocenters. The van der Waals surface area contributed by atoms with Gasteiger partial charge in [-0.05, 0) is 26.0 Å². The minimum Gasteiger partial charge on any atom is -0.319 e.